The Bertz CT molecular complexity index is 565. The quantitative estimate of drug-likeness (QED) is 0.848. The Morgan fingerprint density at radius 3 is 2.52 bits per heavy atom. The third kappa shape index (κ3) is 4.43. The highest BCUT2D eigenvalue weighted by molar-refractivity contribution is 7.15. The minimum absolute atomic E-state index is 0.263. The van der Waals surface area contributed by atoms with Crippen molar-refractivity contribution in [2.75, 3.05) is 11.9 Å². The molecule has 1 N–H and O–H groups in total. The van der Waals surface area contributed by atoms with Gasteiger partial charge in [0.05, 0.1) is 6.04 Å². The predicted octanol–water partition coefficient (Wildman–Crippen LogP) is 4.49. The van der Waals surface area contributed by atoms with Gasteiger partial charge in [-0.2, -0.15) is 0 Å². The van der Waals surface area contributed by atoms with Gasteiger partial charge in [0.25, 0.3) is 0 Å². The number of hydrogen-bond donors (Lipinski definition) is 1. The number of aromatic nitrogens is 1. The summed E-state index contributed by atoms with van der Waals surface area (Å²) < 4.78 is 0. The molecule has 0 amide bonds. The van der Waals surface area contributed by atoms with Crippen LogP contribution in [0.1, 0.15) is 37.3 Å². The maximum Gasteiger partial charge on any atom is 0.185 e. The fourth-order valence-corrected chi connectivity index (χ4v) is 3.01. The van der Waals surface area contributed by atoms with Crippen LogP contribution in [0.5, 0.6) is 0 Å². The highest BCUT2D eigenvalue weighted by atomic mass is 35.5. The first-order valence-electron chi connectivity index (χ1n) is 7.13. The number of nitrogens with one attached hydrogen (secondary N) is 1. The number of hydrogen-bond acceptors (Lipinski definition) is 4. The van der Waals surface area contributed by atoms with Gasteiger partial charge in [-0.1, -0.05) is 37.6 Å². The molecule has 21 heavy (non-hydrogen) atoms. The van der Waals surface area contributed by atoms with E-state index >= 15 is 0 Å². The van der Waals surface area contributed by atoms with E-state index in [-0.39, 0.29) is 6.04 Å². The van der Waals surface area contributed by atoms with Crippen molar-refractivity contribution in [3.05, 3.63) is 45.9 Å². The highest BCUT2D eigenvalue weighted by Gasteiger charge is 2.15. The van der Waals surface area contributed by atoms with E-state index in [1.54, 1.807) is 11.3 Å². The Morgan fingerprint density at radius 1 is 1.24 bits per heavy atom. The molecule has 2 aromatic rings. The van der Waals surface area contributed by atoms with Crippen molar-refractivity contribution in [1.82, 2.24) is 10.3 Å². The first-order chi connectivity index (χ1) is 9.97. The average Bonchev–Trinajstić information content (AvgIpc) is 2.93. The van der Waals surface area contributed by atoms with Gasteiger partial charge in [-0.3, -0.25) is 0 Å². The van der Waals surface area contributed by atoms with Crippen molar-refractivity contribution in [3.63, 3.8) is 0 Å². The molecule has 114 valence electrons. The first kappa shape index (κ1) is 16.3. The van der Waals surface area contributed by atoms with Crippen molar-refractivity contribution in [1.29, 1.82) is 0 Å². The SMILES string of the molecule is CC(C)NCc1cnc(N(C)C(C)c2ccc(Cl)cc2)s1. The smallest absolute Gasteiger partial charge is 0.185 e. The van der Waals surface area contributed by atoms with Crippen molar-refractivity contribution < 1.29 is 0 Å². The molecule has 0 aliphatic rings. The van der Waals surface area contributed by atoms with Gasteiger partial charge in [0.2, 0.25) is 0 Å². The van der Waals surface area contributed by atoms with Crippen LogP contribution in [-0.2, 0) is 6.54 Å². The lowest BCUT2D eigenvalue weighted by Gasteiger charge is -2.24. The van der Waals surface area contributed by atoms with Crippen molar-refractivity contribution in [2.45, 2.75) is 39.4 Å². The van der Waals surface area contributed by atoms with Gasteiger partial charge in [0.15, 0.2) is 5.13 Å². The van der Waals surface area contributed by atoms with Crippen LogP contribution in [0.15, 0.2) is 30.5 Å². The maximum atomic E-state index is 5.95. The number of halogens is 1. The molecule has 0 saturated carbocycles. The summed E-state index contributed by atoms with van der Waals surface area (Å²) in [5.74, 6) is 0. The van der Waals surface area contributed by atoms with Gasteiger partial charge in [-0.15, -0.1) is 11.3 Å². The Balaban J connectivity index is 2.05. The molecule has 0 aliphatic heterocycles. The topological polar surface area (TPSA) is 28.2 Å². The van der Waals surface area contributed by atoms with E-state index in [9.17, 15) is 0 Å². The van der Waals surface area contributed by atoms with Crippen LogP contribution in [0.3, 0.4) is 0 Å². The number of nitrogens with zero attached hydrogens (tertiary/aromatic N) is 2. The summed E-state index contributed by atoms with van der Waals surface area (Å²) in [4.78, 5) is 8.00. The van der Waals surface area contributed by atoms with Crippen LogP contribution in [0.4, 0.5) is 5.13 Å². The Morgan fingerprint density at radius 2 is 1.90 bits per heavy atom. The molecular formula is C16H22ClN3S. The molecule has 0 radical (unpaired) electrons. The van der Waals surface area contributed by atoms with Crippen LogP contribution in [-0.4, -0.2) is 18.1 Å². The lowest BCUT2D eigenvalue weighted by atomic mass is 10.1. The molecule has 1 heterocycles. The van der Waals surface area contributed by atoms with E-state index in [2.05, 4.69) is 55.2 Å². The number of benzene rings is 1. The van der Waals surface area contributed by atoms with E-state index in [0.717, 1.165) is 16.7 Å². The molecule has 0 spiro atoms. The molecule has 1 unspecified atom stereocenters. The summed E-state index contributed by atoms with van der Waals surface area (Å²) >= 11 is 7.68. The molecule has 0 fully saturated rings. The zero-order valence-electron chi connectivity index (χ0n) is 12.9. The van der Waals surface area contributed by atoms with Gasteiger partial charge in [0, 0.05) is 35.7 Å². The second-order valence-electron chi connectivity index (χ2n) is 5.48. The molecule has 5 heteroatoms. The van der Waals surface area contributed by atoms with E-state index < -0.39 is 0 Å². The molecule has 2 rings (SSSR count). The van der Waals surface area contributed by atoms with Gasteiger partial charge in [-0.25, -0.2) is 4.98 Å². The number of anilines is 1. The largest absolute Gasteiger partial charge is 0.344 e. The third-order valence-corrected chi connectivity index (χ3v) is 4.80. The molecule has 0 saturated heterocycles. The minimum Gasteiger partial charge on any atom is -0.344 e. The fourth-order valence-electron chi connectivity index (χ4n) is 1.98. The van der Waals surface area contributed by atoms with Crippen LogP contribution in [0, 0.1) is 0 Å². The summed E-state index contributed by atoms with van der Waals surface area (Å²) in [5.41, 5.74) is 1.24. The summed E-state index contributed by atoms with van der Waals surface area (Å²) in [6.07, 6.45) is 1.96. The maximum absolute atomic E-state index is 5.95. The summed E-state index contributed by atoms with van der Waals surface area (Å²) in [6.45, 7) is 7.35. The van der Waals surface area contributed by atoms with Crippen LogP contribution >= 0.6 is 22.9 Å². The van der Waals surface area contributed by atoms with Crippen LogP contribution in [0.25, 0.3) is 0 Å². The zero-order valence-corrected chi connectivity index (χ0v) is 14.5. The second kappa shape index (κ2) is 7.25. The fraction of sp³-hybridized carbons (Fsp3) is 0.438. The summed E-state index contributed by atoms with van der Waals surface area (Å²) in [5, 5.41) is 5.23. The summed E-state index contributed by atoms with van der Waals surface area (Å²) in [7, 11) is 2.08. The predicted molar refractivity (Wildman–Crippen MR) is 92.4 cm³/mol. The molecule has 1 aromatic heterocycles. The molecule has 1 aromatic carbocycles. The van der Waals surface area contributed by atoms with E-state index in [1.165, 1.54) is 10.4 Å². The van der Waals surface area contributed by atoms with E-state index in [1.807, 2.05) is 18.3 Å². The standard InChI is InChI=1S/C16H22ClN3S/c1-11(2)18-9-15-10-19-16(21-15)20(4)12(3)13-5-7-14(17)8-6-13/h5-8,10-12,18H,9H2,1-4H3. The van der Waals surface area contributed by atoms with Crippen molar-refractivity contribution >= 4 is 28.1 Å². The second-order valence-corrected chi connectivity index (χ2v) is 7.01. The first-order valence-corrected chi connectivity index (χ1v) is 8.33. The lowest BCUT2D eigenvalue weighted by molar-refractivity contribution is 0.593. The highest BCUT2D eigenvalue weighted by Crippen LogP contribution is 2.29. The van der Waals surface area contributed by atoms with Crippen molar-refractivity contribution in [3.8, 4) is 0 Å². The normalized spacial score (nSPS) is 12.7. The molecule has 3 nitrogen and oxygen atoms in total. The average molecular weight is 324 g/mol. The zero-order chi connectivity index (χ0) is 15.4. The monoisotopic (exact) mass is 323 g/mol. The van der Waals surface area contributed by atoms with Gasteiger partial charge >= 0.3 is 0 Å². The van der Waals surface area contributed by atoms with Crippen LogP contribution < -0.4 is 10.2 Å². The van der Waals surface area contributed by atoms with Crippen LogP contribution in [0.2, 0.25) is 5.02 Å². The molecule has 0 bridgehead atoms. The van der Waals surface area contributed by atoms with Crippen molar-refractivity contribution in [2.24, 2.45) is 0 Å². The molecule has 0 aliphatic carbocycles. The Kier molecular flexibility index (Phi) is 5.62. The van der Waals surface area contributed by atoms with Gasteiger partial charge < -0.3 is 10.2 Å². The lowest BCUT2D eigenvalue weighted by Crippen LogP contribution is -2.21. The molecular weight excluding hydrogens is 302 g/mol. The van der Waals surface area contributed by atoms with E-state index in [0.29, 0.717) is 6.04 Å². The van der Waals surface area contributed by atoms with Gasteiger partial charge in [-0.05, 0) is 24.6 Å². The van der Waals surface area contributed by atoms with Gasteiger partial charge in [0.1, 0.15) is 0 Å². The Hall–Kier alpha value is -1.10. The third-order valence-electron chi connectivity index (χ3n) is 3.46. The number of rotatable bonds is 6. The number of thiazole rings is 1. The molecule has 1 atom stereocenters. The summed E-state index contributed by atoms with van der Waals surface area (Å²) in [6, 6.07) is 8.75. The van der Waals surface area contributed by atoms with E-state index in [4.69, 9.17) is 11.6 Å². The minimum atomic E-state index is 0.263. The Labute approximate surface area is 136 Å².